The summed E-state index contributed by atoms with van der Waals surface area (Å²) >= 11 is 4.59. The van der Waals surface area contributed by atoms with E-state index in [0.29, 0.717) is 11.1 Å². The van der Waals surface area contributed by atoms with E-state index in [0.717, 1.165) is 5.56 Å². The Hall–Kier alpha value is -0.740. The third-order valence-corrected chi connectivity index (χ3v) is 2.96. The van der Waals surface area contributed by atoms with Crippen LogP contribution >= 0.6 is 27.7 Å². The van der Waals surface area contributed by atoms with Gasteiger partial charge in [-0.15, -0.1) is 11.8 Å². The van der Waals surface area contributed by atoms with E-state index < -0.39 is 0 Å². The summed E-state index contributed by atoms with van der Waals surface area (Å²) in [6.45, 7) is 0.303. The highest BCUT2D eigenvalue weighted by atomic mass is 79.9. The molecule has 0 fully saturated rings. The molecule has 4 heteroatoms. The van der Waals surface area contributed by atoms with Crippen LogP contribution in [-0.2, 0) is 16.1 Å². The van der Waals surface area contributed by atoms with Crippen LogP contribution in [0.4, 0.5) is 0 Å². The van der Waals surface area contributed by atoms with Gasteiger partial charge in [-0.05, 0) is 33.2 Å². The molecule has 0 saturated carbocycles. The zero-order valence-electron chi connectivity index (χ0n) is 8.27. The van der Waals surface area contributed by atoms with Gasteiger partial charge < -0.3 is 4.74 Å². The highest BCUT2D eigenvalue weighted by Gasteiger charge is 2.06. The number of benzene rings is 1. The molecule has 0 radical (unpaired) electrons. The van der Waals surface area contributed by atoms with Crippen molar-refractivity contribution in [3.8, 4) is 0 Å². The van der Waals surface area contributed by atoms with Crippen molar-refractivity contribution in [3.63, 3.8) is 0 Å². The fourth-order valence-electron chi connectivity index (χ4n) is 0.944. The Morgan fingerprint density at radius 3 is 2.73 bits per heavy atom. The van der Waals surface area contributed by atoms with Crippen LogP contribution in [0, 0.1) is 0 Å². The smallest absolute Gasteiger partial charge is 0.346 e. The molecule has 2 nitrogen and oxygen atoms in total. The Morgan fingerprint density at radius 1 is 1.47 bits per heavy atom. The van der Waals surface area contributed by atoms with Gasteiger partial charge >= 0.3 is 5.97 Å². The molecule has 0 bridgehead atoms. The lowest BCUT2D eigenvalue weighted by Gasteiger charge is -2.03. The average Bonchev–Trinajstić information content (AvgIpc) is 2.27. The highest BCUT2D eigenvalue weighted by Crippen LogP contribution is 2.13. The molecule has 0 atom stereocenters. The summed E-state index contributed by atoms with van der Waals surface area (Å²) in [5.41, 5.74) is 0.982. The van der Waals surface area contributed by atoms with Gasteiger partial charge in [0, 0.05) is 0 Å². The van der Waals surface area contributed by atoms with Crippen LogP contribution in [0.5, 0.6) is 0 Å². The first-order chi connectivity index (χ1) is 7.24. The molecule has 0 aromatic heterocycles. The fourth-order valence-corrected chi connectivity index (χ4v) is 1.92. The number of carbonyl (C=O) groups excluding carboxylic acids is 1. The van der Waals surface area contributed by atoms with Gasteiger partial charge in [-0.2, -0.15) is 0 Å². The number of ether oxygens (including phenoxy) is 1. The number of hydrogen-bond acceptors (Lipinski definition) is 3. The molecule has 0 aliphatic rings. The molecule has 15 heavy (non-hydrogen) atoms. The average molecular weight is 287 g/mol. The summed E-state index contributed by atoms with van der Waals surface area (Å²) in [4.78, 5) is 11.4. The number of rotatable bonds is 4. The summed E-state index contributed by atoms with van der Waals surface area (Å²) < 4.78 is 5.52. The Bertz CT molecular complexity index is 349. The summed E-state index contributed by atoms with van der Waals surface area (Å²) in [5.74, 6) is -0.340. The van der Waals surface area contributed by atoms with E-state index >= 15 is 0 Å². The fraction of sp³-hybridized carbons (Fsp3) is 0.182. The van der Waals surface area contributed by atoms with Gasteiger partial charge in [0.1, 0.15) is 11.1 Å². The molecular formula is C11H11BrO2S. The largest absolute Gasteiger partial charge is 0.457 e. The number of hydrogen-bond donors (Lipinski definition) is 0. The molecule has 0 aliphatic carbocycles. The van der Waals surface area contributed by atoms with Crippen LogP contribution in [0.2, 0.25) is 0 Å². The van der Waals surface area contributed by atoms with E-state index in [4.69, 9.17) is 4.74 Å². The molecule has 1 aromatic rings. The lowest BCUT2D eigenvalue weighted by molar-refractivity contribution is -0.139. The number of thioether (sulfide) groups is 1. The lowest BCUT2D eigenvalue weighted by atomic mass is 10.2. The number of carbonyl (C=O) groups is 1. The van der Waals surface area contributed by atoms with Crippen molar-refractivity contribution in [3.05, 3.63) is 45.8 Å². The molecule has 0 unspecified atom stereocenters. The third-order valence-electron chi connectivity index (χ3n) is 1.63. The number of halogens is 1. The first-order valence-corrected chi connectivity index (χ1v) is 6.41. The Morgan fingerprint density at radius 2 is 2.13 bits per heavy atom. The van der Waals surface area contributed by atoms with Crippen molar-refractivity contribution in [2.24, 2.45) is 0 Å². The molecule has 0 spiro atoms. The van der Waals surface area contributed by atoms with Crippen molar-refractivity contribution in [1.82, 2.24) is 0 Å². The monoisotopic (exact) mass is 286 g/mol. The van der Waals surface area contributed by atoms with E-state index in [2.05, 4.69) is 15.9 Å². The van der Waals surface area contributed by atoms with Crippen LogP contribution in [0.15, 0.2) is 40.2 Å². The minimum absolute atomic E-state index is 0.303. The SMILES string of the molecule is CS/C=C(\Br)C(=O)OCc1ccccc1. The van der Waals surface area contributed by atoms with Crippen molar-refractivity contribution >= 4 is 33.7 Å². The van der Waals surface area contributed by atoms with Gasteiger partial charge in [-0.25, -0.2) is 4.79 Å². The zero-order chi connectivity index (χ0) is 11.1. The maximum atomic E-state index is 11.4. The van der Waals surface area contributed by atoms with Crippen LogP contribution in [0.25, 0.3) is 0 Å². The molecule has 80 valence electrons. The summed E-state index contributed by atoms with van der Waals surface area (Å²) in [6, 6.07) is 9.58. The van der Waals surface area contributed by atoms with Crippen molar-refractivity contribution < 1.29 is 9.53 Å². The molecule has 0 saturated heterocycles. The minimum Gasteiger partial charge on any atom is -0.457 e. The Balaban J connectivity index is 2.45. The van der Waals surface area contributed by atoms with Crippen molar-refractivity contribution in [2.45, 2.75) is 6.61 Å². The van der Waals surface area contributed by atoms with Crippen molar-refractivity contribution in [1.29, 1.82) is 0 Å². The maximum absolute atomic E-state index is 11.4. The zero-order valence-corrected chi connectivity index (χ0v) is 10.7. The van der Waals surface area contributed by atoms with E-state index in [-0.39, 0.29) is 5.97 Å². The summed E-state index contributed by atoms with van der Waals surface area (Å²) in [6.07, 6.45) is 1.88. The summed E-state index contributed by atoms with van der Waals surface area (Å²) in [5, 5.41) is 1.70. The van der Waals surface area contributed by atoms with E-state index in [9.17, 15) is 4.79 Å². The van der Waals surface area contributed by atoms with E-state index in [1.54, 1.807) is 5.41 Å². The van der Waals surface area contributed by atoms with E-state index in [1.807, 2.05) is 36.6 Å². The third kappa shape index (κ3) is 4.53. The lowest BCUT2D eigenvalue weighted by Crippen LogP contribution is -2.03. The second kappa shape index (κ2) is 6.69. The standard InChI is InChI=1S/C11H11BrO2S/c1-15-8-10(12)11(13)14-7-9-5-3-2-4-6-9/h2-6,8H,7H2,1H3/b10-8-. The van der Waals surface area contributed by atoms with Crippen LogP contribution in [-0.4, -0.2) is 12.2 Å². The van der Waals surface area contributed by atoms with Gasteiger partial charge in [-0.1, -0.05) is 30.3 Å². The quantitative estimate of drug-likeness (QED) is 0.627. The molecule has 0 heterocycles. The van der Waals surface area contributed by atoms with E-state index in [1.165, 1.54) is 11.8 Å². The van der Waals surface area contributed by atoms with Gasteiger partial charge in [0.2, 0.25) is 0 Å². The first kappa shape index (κ1) is 12.3. The normalized spacial score (nSPS) is 11.2. The topological polar surface area (TPSA) is 26.3 Å². The van der Waals surface area contributed by atoms with Gasteiger partial charge in [0.05, 0.1) is 0 Å². The predicted octanol–water partition coefficient (Wildman–Crippen LogP) is 3.33. The maximum Gasteiger partial charge on any atom is 0.346 e. The molecule has 0 amide bonds. The molecule has 1 aromatic carbocycles. The Kier molecular flexibility index (Phi) is 5.50. The van der Waals surface area contributed by atoms with Gasteiger partial charge in [-0.3, -0.25) is 0 Å². The first-order valence-electron chi connectivity index (χ1n) is 4.33. The van der Waals surface area contributed by atoms with Crippen molar-refractivity contribution in [2.75, 3.05) is 6.26 Å². The Labute approximate surface area is 102 Å². The molecule has 0 N–H and O–H groups in total. The molecule has 1 rings (SSSR count). The van der Waals surface area contributed by atoms with Crippen LogP contribution < -0.4 is 0 Å². The van der Waals surface area contributed by atoms with Crippen LogP contribution in [0.3, 0.4) is 0 Å². The number of esters is 1. The minimum atomic E-state index is -0.340. The second-order valence-electron chi connectivity index (χ2n) is 2.76. The second-order valence-corrected chi connectivity index (χ2v) is 4.32. The van der Waals surface area contributed by atoms with Crippen LogP contribution in [0.1, 0.15) is 5.56 Å². The highest BCUT2D eigenvalue weighted by molar-refractivity contribution is 9.12. The van der Waals surface area contributed by atoms with Gasteiger partial charge in [0.15, 0.2) is 0 Å². The summed E-state index contributed by atoms with van der Waals surface area (Å²) in [7, 11) is 0. The molecular weight excluding hydrogens is 276 g/mol. The van der Waals surface area contributed by atoms with Gasteiger partial charge in [0.25, 0.3) is 0 Å². The predicted molar refractivity (Wildman–Crippen MR) is 66.8 cm³/mol. The molecule has 0 aliphatic heterocycles.